The quantitative estimate of drug-likeness (QED) is 0.582. The average Bonchev–Trinajstić information content (AvgIpc) is 3.06. The molecule has 4 aromatic rings. The number of hydrogen-bond donors (Lipinski definition) is 1. The number of nitrogens with zero attached hydrogens (tertiary/aromatic N) is 5. The molecule has 0 unspecified atom stereocenters. The maximum absolute atomic E-state index is 13.0. The molecule has 0 aromatic carbocycles. The van der Waals surface area contributed by atoms with E-state index in [1.54, 1.807) is 23.1 Å². The zero-order valence-corrected chi connectivity index (χ0v) is 15.6. The van der Waals surface area contributed by atoms with Gasteiger partial charge in [0, 0.05) is 13.0 Å². The number of furan rings is 1. The normalized spacial score (nSPS) is 14.0. The van der Waals surface area contributed by atoms with Crippen LogP contribution in [-0.4, -0.2) is 30.9 Å². The van der Waals surface area contributed by atoms with Gasteiger partial charge in [0.1, 0.15) is 10.7 Å². The molecule has 0 radical (unpaired) electrons. The molecular weight excluding hydrogens is 364 g/mol. The van der Waals surface area contributed by atoms with Crippen LogP contribution in [0.2, 0.25) is 0 Å². The maximum atomic E-state index is 13.0. The van der Waals surface area contributed by atoms with Gasteiger partial charge in [-0.1, -0.05) is 11.3 Å². The van der Waals surface area contributed by atoms with Gasteiger partial charge in [-0.2, -0.15) is 5.10 Å². The van der Waals surface area contributed by atoms with Crippen LogP contribution in [0.4, 0.5) is 5.13 Å². The molecule has 1 aliphatic rings. The van der Waals surface area contributed by atoms with Gasteiger partial charge in [0.25, 0.3) is 5.91 Å². The van der Waals surface area contributed by atoms with E-state index in [1.165, 1.54) is 11.3 Å². The molecule has 4 aromatic heterocycles. The summed E-state index contributed by atoms with van der Waals surface area (Å²) in [7, 11) is 1.81. The molecule has 1 fully saturated rings. The first-order chi connectivity index (χ1) is 13.1. The number of aromatic nitrogens is 5. The van der Waals surface area contributed by atoms with Crippen LogP contribution in [0.15, 0.2) is 28.9 Å². The van der Waals surface area contributed by atoms with Crippen molar-refractivity contribution in [3.05, 3.63) is 40.7 Å². The molecule has 0 saturated heterocycles. The predicted octanol–water partition coefficient (Wildman–Crippen LogP) is 3.52. The molecule has 0 spiro atoms. The molecule has 9 heteroatoms. The molecular formula is C18H16N6O2S. The minimum Gasteiger partial charge on any atom is -0.463 e. The third kappa shape index (κ3) is 2.80. The summed E-state index contributed by atoms with van der Waals surface area (Å²) in [6, 6.07) is 5.33. The van der Waals surface area contributed by atoms with Gasteiger partial charge in [0.05, 0.1) is 22.9 Å². The molecule has 0 atom stereocenters. The van der Waals surface area contributed by atoms with Crippen LogP contribution in [0.5, 0.6) is 0 Å². The Kier molecular flexibility index (Phi) is 3.57. The van der Waals surface area contributed by atoms with Crippen molar-refractivity contribution in [3.8, 4) is 11.5 Å². The predicted molar refractivity (Wildman–Crippen MR) is 101 cm³/mol. The Bertz CT molecular complexity index is 1160. The number of carbonyl (C=O) groups is 1. The lowest BCUT2D eigenvalue weighted by Crippen LogP contribution is -2.13. The van der Waals surface area contributed by atoms with Gasteiger partial charge in [-0.05, 0) is 38.0 Å². The van der Waals surface area contributed by atoms with Crippen molar-refractivity contribution in [1.29, 1.82) is 0 Å². The lowest BCUT2D eigenvalue weighted by molar-refractivity contribution is 0.102. The molecule has 8 nitrogen and oxygen atoms in total. The number of anilines is 1. The topological polar surface area (TPSA) is 98.7 Å². The minimum atomic E-state index is -0.259. The highest BCUT2D eigenvalue weighted by Gasteiger charge is 2.28. The summed E-state index contributed by atoms with van der Waals surface area (Å²) >= 11 is 1.43. The van der Waals surface area contributed by atoms with E-state index in [-0.39, 0.29) is 5.91 Å². The lowest BCUT2D eigenvalue weighted by Gasteiger charge is -2.06. The number of amides is 1. The molecule has 1 amide bonds. The second-order valence-electron chi connectivity index (χ2n) is 6.61. The van der Waals surface area contributed by atoms with E-state index in [2.05, 4.69) is 25.6 Å². The second kappa shape index (κ2) is 5.98. The van der Waals surface area contributed by atoms with Crippen molar-refractivity contribution in [2.75, 3.05) is 5.32 Å². The number of aryl methyl sites for hydroxylation is 2. The highest BCUT2D eigenvalue weighted by Crippen LogP contribution is 2.42. The van der Waals surface area contributed by atoms with E-state index in [1.807, 2.05) is 20.0 Å². The van der Waals surface area contributed by atoms with Crippen LogP contribution in [0.3, 0.4) is 0 Å². The van der Waals surface area contributed by atoms with E-state index in [4.69, 9.17) is 4.42 Å². The highest BCUT2D eigenvalue weighted by atomic mass is 32.1. The van der Waals surface area contributed by atoms with Crippen molar-refractivity contribution in [2.45, 2.75) is 25.7 Å². The number of hydrogen-bond acceptors (Lipinski definition) is 7. The molecule has 4 heterocycles. The first-order valence-electron chi connectivity index (χ1n) is 8.63. The summed E-state index contributed by atoms with van der Waals surface area (Å²) in [5, 5.41) is 17.8. The Morgan fingerprint density at radius 3 is 2.96 bits per heavy atom. The zero-order valence-electron chi connectivity index (χ0n) is 14.8. The van der Waals surface area contributed by atoms with Gasteiger partial charge in [0.15, 0.2) is 11.4 Å². The molecule has 27 heavy (non-hydrogen) atoms. The molecule has 0 aliphatic heterocycles. The Hall–Kier alpha value is -3.07. The fourth-order valence-electron chi connectivity index (χ4n) is 3.12. The summed E-state index contributed by atoms with van der Waals surface area (Å²) < 4.78 is 7.13. The molecule has 1 aliphatic carbocycles. The monoisotopic (exact) mass is 380 g/mol. The van der Waals surface area contributed by atoms with Crippen LogP contribution >= 0.6 is 11.3 Å². The van der Waals surface area contributed by atoms with Crippen LogP contribution in [0.1, 0.15) is 39.8 Å². The summed E-state index contributed by atoms with van der Waals surface area (Å²) in [5.41, 5.74) is 2.44. The average molecular weight is 380 g/mol. The first kappa shape index (κ1) is 16.1. The number of rotatable bonds is 4. The summed E-state index contributed by atoms with van der Waals surface area (Å²) in [6.45, 7) is 1.86. The van der Waals surface area contributed by atoms with Crippen molar-refractivity contribution in [3.63, 3.8) is 0 Å². The van der Waals surface area contributed by atoms with E-state index in [0.29, 0.717) is 33.7 Å². The number of nitrogens with one attached hydrogen (secondary N) is 1. The van der Waals surface area contributed by atoms with Crippen LogP contribution in [0, 0.1) is 6.92 Å². The van der Waals surface area contributed by atoms with E-state index in [9.17, 15) is 4.79 Å². The van der Waals surface area contributed by atoms with Gasteiger partial charge >= 0.3 is 0 Å². The van der Waals surface area contributed by atoms with Gasteiger partial charge in [-0.3, -0.25) is 14.8 Å². The lowest BCUT2D eigenvalue weighted by atomic mass is 10.1. The SMILES string of the molecule is Cc1nn(C)c2nc(-c3ccco3)cc(C(=O)Nc3nnc(C4CC4)s3)c12. The zero-order chi connectivity index (χ0) is 18.5. The van der Waals surface area contributed by atoms with Crippen LogP contribution in [0.25, 0.3) is 22.5 Å². The molecule has 1 N–H and O–H groups in total. The summed E-state index contributed by atoms with van der Waals surface area (Å²) in [6.07, 6.45) is 3.87. The molecule has 1 saturated carbocycles. The number of pyridine rings is 1. The fourth-order valence-corrected chi connectivity index (χ4v) is 4.03. The van der Waals surface area contributed by atoms with Crippen molar-refractivity contribution in [2.24, 2.45) is 7.05 Å². The van der Waals surface area contributed by atoms with Crippen molar-refractivity contribution in [1.82, 2.24) is 25.0 Å². The fraction of sp³-hybridized carbons (Fsp3) is 0.278. The standard InChI is InChI=1S/C18H16N6O2S/c1-9-14-11(16(25)20-18-22-21-17(27-18)10-5-6-10)8-12(13-4-3-7-26-13)19-15(14)24(2)23-9/h3-4,7-8,10H,5-6H2,1-2H3,(H,20,22,25). The van der Waals surface area contributed by atoms with Crippen molar-refractivity contribution >= 4 is 33.4 Å². The van der Waals surface area contributed by atoms with Crippen LogP contribution < -0.4 is 5.32 Å². The van der Waals surface area contributed by atoms with Gasteiger partial charge < -0.3 is 4.42 Å². The second-order valence-corrected chi connectivity index (χ2v) is 7.62. The number of carbonyl (C=O) groups excluding carboxylic acids is 1. The smallest absolute Gasteiger partial charge is 0.258 e. The van der Waals surface area contributed by atoms with E-state index in [0.717, 1.165) is 28.9 Å². The first-order valence-corrected chi connectivity index (χ1v) is 9.45. The molecule has 136 valence electrons. The largest absolute Gasteiger partial charge is 0.463 e. The molecule has 5 rings (SSSR count). The van der Waals surface area contributed by atoms with E-state index < -0.39 is 0 Å². The Morgan fingerprint density at radius 1 is 1.37 bits per heavy atom. The third-order valence-corrected chi connectivity index (χ3v) is 5.58. The van der Waals surface area contributed by atoms with Gasteiger partial charge in [-0.25, -0.2) is 4.98 Å². The highest BCUT2D eigenvalue weighted by molar-refractivity contribution is 7.15. The Labute approximate surface area is 158 Å². The Morgan fingerprint density at radius 2 is 2.22 bits per heavy atom. The molecule has 0 bridgehead atoms. The van der Waals surface area contributed by atoms with Gasteiger partial charge in [0.2, 0.25) is 5.13 Å². The van der Waals surface area contributed by atoms with Gasteiger partial charge in [-0.15, -0.1) is 10.2 Å². The number of fused-ring (bicyclic) bond motifs is 1. The summed E-state index contributed by atoms with van der Waals surface area (Å²) in [5.74, 6) is 0.841. The van der Waals surface area contributed by atoms with E-state index >= 15 is 0 Å². The Balaban J connectivity index is 1.58. The third-order valence-electron chi connectivity index (χ3n) is 4.57. The van der Waals surface area contributed by atoms with Crippen molar-refractivity contribution < 1.29 is 9.21 Å². The summed E-state index contributed by atoms with van der Waals surface area (Å²) in [4.78, 5) is 17.7. The maximum Gasteiger partial charge on any atom is 0.258 e. The van der Waals surface area contributed by atoms with Crippen LogP contribution in [-0.2, 0) is 7.05 Å². The minimum absolute atomic E-state index is 0.259.